The lowest BCUT2D eigenvalue weighted by molar-refractivity contribution is -0.122. The fourth-order valence-electron chi connectivity index (χ4n) is 1.38. The summed E-state index contributed by atoms with van der Waals surface area (Å²) in [5.74, 6) is 0.326. The third-order valence-electron chi connectivity index (χ3n) is 3.31. The molecule has 0 saturated heterocycles. The largest absolute Gasteiger partial charge is 0.353 e. The average molecular weight is 262 g/mol. The van der Waals surface area contributed by atoms with Crippen molar-refractivity contribution in [3.05, 3.63) is 0 Å². The third kappa shape index (κ3) is 4.27. The molecule has 17 heavy (non-hydrogen) atoms. The van der Waals surface area contributed by atoms with Gasteiger partial charge in [0.25, 0.3) is 0 Å². The van der Waals surface area contributed by atoms with E-state index in [0.717, 1.165) is 12.8 Å². The van der Waals surface area contributed by atoms with Crippen molar-refractivity contribution in [2.75, 3.05) is 12.8 Å². The van der Waals surface area contributed by atoms with Gasteiger partial charge in [-0.2, -0.15) is 0 Å². The van der Waals surface area contributed by atoms with E-state index in [0.29, 0.717) is 12.3 Å². The molecule has 0 radical (unpaired) electrons. The van der Waals surface area contributed by atoms with Gasteiger partial charge in [0, 0.05) is 12.8 Å². The van der Waals surface area contributed by atoms with Crippen LogP contribution in [0.15, 0.2) is 0 Å². The van der Waals surface area contributed by atoms with E-state index >= 15 is 0 Å². The van der Waals surface area contributed by atoms with Crippen LogP contribution in [0.2, 0.25) is 0 Å². The highest BCUT2D eigenvalue weighted by atomic mass is 32.2. The van der Waals surface area contributed by atoms with E-state index in [1.807, 2.05) is 0 Å². The Bertz CT molecular complexity index is 386. The quantitative estimate of drug-likeness (QED) is 0.708. The number of sulfone groups is 1. The summed E-state index contributed by atoms with van der Waals surface area (Å²) in [7, 11) is -3.19. The Balaban J connectivity index is 2.41. The summed E-state index contributed by atoms with van der Waals surface area (Å²) in [6.45, 7) is 3.28. The maximum absolute atomic E-state index is 11.6. The highest BCUT2D eigenvalue weighted by Gasteiger charge is 2.32. The molecule has 1 rings (SSSR count). The molecule has 0 heterocycles. The van der Waals surface area contributed by atoms with E-state index in [1.165, 1.54) is 6.26 Å². The van der Waals surface area contributed by atoms with Crippen molar-refractivity contribution in [2.24, 2.45) is 11.7 Å². The maximum Gasteiger partial charge on any atom is 0.236 e. The molecule has 1 amide bonds. The summed E-state index contributed by atoms with van der Waals surface area (Å²) >= 11 is 0. The number of rotatable bonds is 6. The zero-order chi connectivity index (χ0) is 13.3. The Morgan fingerprint density at radius 2 is 2.00 bits per heavy atom. The molecule has 0 unspecified atom stereocenters. The topological polar surface area (TPSA) is 89.3 Å². The Kier molecular flexibility index (Phi) is 4.19. The van der Waals surface area contributed by atoms with Crippen molar-refractivity contribution in [2.45, 2.75) is 43.9 Å². The molecule has 1 atom stereocenters. The smallest absolute Gasteiger partial charge is 0.236 e. The summed E-state index contributed by atoms with van der Waals surface area (Å²) in [5, 5.41) is 2.62. The van der Waals surface area contributed by atoms with Crippen LogP contribution in [0.5, 0.6) is 0 Å². The Hall–Kier alpha value is -0.620. The Labute approximate surface area is 103 Å². The van der Waals surface area contributed by atoms with Gasteiger partial charge in [0.15, 0.2) is 9.84 Å². The molecule has 3 N–H and O–H groups in total. The highest BCUT2D eigenvalue weighted by Crippen LogP contribution is 2.33. The van der Waals surface area contributed by atoms with Gasteiger partial charge < -0.3 is 11.1 Å². The first-order chi connectivity index (χ1) is 7.63. The second-order valence-electron chi connectivity index (χ2n) is 5.54. The maximum atomic E-state index is 11.6. The van der Waals surface area contributed by atoms with Gasteiger partial charge in [-0.3, -0.25) is 4.79 Å². The van der Waals surface area contributed by atoms with Crippen molar-refractivity contribution < 1.29 is 13.2 Å². The van der Waals surface area contributed by atoms with E-state index in [2.05, 4.69) is 5.32 Å². The first-order valence-corrected chi connectivity index (χ1v) is 7.75. The number of hydrogen-bond donors (Lipinski definition) is 2. The van der Waals surface area contributed by atoms with Gasteiger partial charge >= 0.3 is 0 Å². The van der Waals surface area contributed by atoms with Gasteiger partial charge in [-0.25, -0.2) is 8.42 Å². The molecule has 0 aromatic carbocycles. The summed E-state index contributed by atoms with van der Waals surface area (Å²) < 4.78 is 21.9. The molecular weight excluding hydrogens is 240 g/mol. The predicted molar refractivity (Wildman–Crippen MR) is 67.2 cm³/mol. The van der Waals surface area contributed by atoms with Gasteiger partial charge in [0.1, 0.15) is 0 Å². The molecule has 1 aliphatic rings. The van der Waals surface area contributed by atoms with Crippen LogP contribution in [0.25, 0.3) is 0 Å². The number of amides is 1. The molecular formula is C11H22N2O3S. The van der Waals surface area contributed by atoms with E-state index in [9.17, 15) is 13.2 Å². The fraction of sp³-hybridized carbons (Fsp3) is 0.909. The third-order valence-corrected chi connectivity index (χ3v) is 5.46. The van der Waals surface area contributed by atoms with Crippen LogP contribution in [0.1, 0.15) is 33.1 Å². The summed E-state index contributed by atoms with van der Waals surface area (Å²) in [6.07, 6.45) is 4.17. The fourth-order valence-corrected chi connectivity index (χ4v) is 1.72. The van der Waals surface area contributed by atoms with Crippen molar-refractivity contribution in [1.82, 2.24) is 5.32 Å². The first-order valence-electron chi connectivity index (χ1n) is 5.86. The van der Waals surface area contributed by atoms with Crippen LogP contribution >= 0.6 is 0 Å². The lowest BCUT2D eigenvalue weighted by atomic mass is 10.1. The van der Waals surface area contributed by atoms with Gasteiger partial charge in [-0.05, 0) is 26.2 Å². The summed E-state index contributed by atoms with van der Waals surface area (Å²) in [6, 6.07) is -0.516. The van der Waals surface area contributed by atoms with Crippen LogP contribution in [0.3, 0.4) is 0 Å². The van der Waals surface area contributed by atoms with E-state index in [1.54, 1.807) is 13.8 Å². The standard InChI is InChI=1S/C11H22N2O3S/c1-11(2,17(3,15)16)7-13-10(14)9(12)6-8-4-5-8/h8-9H,4-7,12H2,1-3H3,(H,13,14)/t9-/m0/s1. The zero-order valence-electron chi connectivity index (χ0n) is 10.7. The Morgan fingerprint density at radius 3 is 2.41 bits per heavy atom. The minimum atomic E-state index is -3.19. The van der Waals surface area contributed by atoms with Crippen molar-refractivity contribution >= 4 is 15.7 Å². The Morgan fingerprint density at radius 1 is 1.47 bits per heavy atom. The normalized spacial score (nSPS) is 18.8. The molecule has 0 aromatic heterocycles. The molecule has 0 spiro atoms. The van der Waals surface area contributed by atoms with Gasteiger partial charge in [0.05, 0.1) is 10.8 Å². The van der Waals surface area contributed by atoms with E-state index < -0.39 is 20.6 Å². The van der Waals surface area contributed by atoms with Crippen LogP contribution in [0, 0.1) is 5.92 Å². The molecule has 1 aliphatic carbocycles. The van der Waals surface area contributed by atoms with Crippen molar-refractivity contribution in [3.8, 4) is 0 Å². The van der Waals surface area contributed by atoms with Crippen LogP contribution in [-0.2, 0) is 14.6 Å². The van der Waals surface area contributed by atoms with Gasteiger partial charge in [-0.15, -0.1) is 0 Å². The van der Waals surface area contributed by atoms with E-state index in [-0.39, 0.29) is 12.5 Å². The molecule has 0 bridgehead atoms. The van der Waals surface area contributed by atoms with Gasteiger partial charge in [-0.1, -0.05) is 12.8 Å². The van der Waals surface area contributed by atoms with Crippen molar-refractivity contribution in [1.29, 1.82) is 0 Å². The predicted octanol–water partition coefficient (Wildman–Crippen LogP) is 0.0532. The lowest BCUT2D eigenvalue weighted by Gasteiger charge is -2.23. The summed E-state index contributed by atoms with van der Waals surface area (Å²) in [5.41, 5.74) is 5.74. The average Bonchev–Trinajstić information content (AvgIpc) is 2.96. The molecule has 0 aromatic rings. The minimum Gasteiger partial charge on any atom is -0.353 e. The molecule has 1 fully saturated rings. The highest BCUT2D eigenvalue weighted by molar-refractivity contribution is 7.92. The summed E-state index contributed by atoms with van der Waals surface area (Å²) in [4.78, 5) is 11.6. The molecule has 1 saturated carbocycles. The monoisotopic (exact) mass is 262 g/mol. The molecule has 6 heteroatoms. The van der Waals surface area contributed by atoms with Crippen LogP contribution in [0.4, 0.5) is 0 Å². The SMILES string of the molecule is CC(C)(CNC(=O)[C@@H](N)CC1CC1)S(C)(=O)=O. The lowest BCUT2D eigenvalue weighted by Crippen LogP contribution is -2.48. The van der Waals surface area contributed by atoms with Crippen LogP contribution in [-0.4, -0.2) is 37.9 Å². The number of nitrogens with two attached hydrogens (primary N) is 1. The number of carbonyl (C=O) groups excluding carboxylic acids is 1. The zero-order valence-corrected chi connectivity index (χ0v) is 11.5. The number of nitrogens with one attached hydrogen (secondary N) is 1. The second kappa shape index (κ2) is 4.94. The molecule has 0 aliphatic heterocycles. The molecule has 100 valence electrons. The second-order valence-corrected chi connectivity index (χ2v) is 8.18. The van der Waals surface area contributed by atoms with Crippen LogP contribution < -0.4 is 11.1 Å². The molecule has 5 nitrogen and oxygen atoms in total. The number of carbonyl (C=O) groups is 1. The van der Waals surface area contributed by atoms with E-state index in [4.69, 9.17) is 5.73 Å². The first kappa shape index (κ1) is 14.4. The minimum absolute atomic E-state index is 0.100. The van der Waals surface area contributed by atoms with Crippen molar-refractivity contribution in [3.63, 3.8) is 0 Å². The van der Waals surface area contributed by atoms with Gasteiger partial charge in [0.2, 0.25) is 5.91 Å². The number of hydrogen-bond acceptors (Lipinski definition) is 4.